The molecule has 3 aromatic rings. The van der Waals surface area contributed by atoms with E-state index in [1.165, 1.54) is 18.2 Å². The summed E-state index contributed by atoms with van der Waals surface area (Å²) in [5.74, 6) is 0.933. The fraction of sp³-hybridized carbons (Fsp3) is 0.316. The van der Waals surface area contributed by atoms with Gasteiger partial charge >= 0.3 is 0 Å². The minimum Gasteiger partial charge on any atom is -0.348 e. The Morgan fingerprint density at radius 2 is 2.12 bits per heavy atom. The lowest BCUT2D eigenvalue weighted by Crippen LogP contribution is -2.37. The second-order valence-corrected chi connectivity index (χ2v) is 6.66. The Morgan fingerprint density at radius 3 is 2.81 bits per heavy atom. The predicted octanol–water partition coefficient (Wildman–Crippen LogP) is 2.25. The fourth-order valence-corrected chi connectivity index (χ4v) is 3.55. The molecular formula is C19H22N6O. The fourth-order valence-electron chi connectivity index (χ4n) is 3.55. The summed E-state index contributed by atoms with van der Waals surface area (Å²) in [6.07, 6.45) is 6.51. The number of nitrogens with one attached hydrogen (secondary N) is 2. The van der Waals surface area contributed by atoms with Crippen LogP contribution in [0.25, 0.3) is 0 Å². The van der Waals surface area contributed by atoms with E-state index in [1.807, 2.05) is 31.6 Å². The average Bonchev–Trinajstić information content (AvgIpc) is 3.25. The molecule has 1 aliphatic heterocycles. The van der Waals surface area contributed by atoms with Gasteiger partial charge in [-0.25, -0.2) is 9.97 Å². The van der Waals surface area contributed by atoms with Gasteiger partial charge in [0.1, 0.15) is 11.9 Å². The topological polar surface area (TPSA) is 78.8 Å². The van der Waals surface area contributed by atoms with Crippen molar-refractivity contribution in [1.82, 2.24) is 24.4 Å². The SMILES string of the molecule is CC(=O)Nc1ccc(CN2CCc3[nH]cnc3[C@H]2c2nccn2C)cc1. The average molecular weight is 350 g/mol. The third-order valence-electron chi connectivity index (χ3n) is 4.79. The zero-order valence-electron chi connectivity index (χ0n) is 14.9. The molecule has 1 aliphatic rings. The summed E-state index contributed by atoms with van der Waals surface area (Å²) in [6, 6.07) is 8.02. The molecule has 0 fully saturated rings. The highest BCUT2D eigenvalue weighted by Crippen LogP contribution is 2.33. The van der Waals surface area contributed by atoms with E-state index in [1.54, 1.807) is 6.33 Å². The van der Waals surface area contributed by atoms with Crippen LogP contribution in [0.4, 0.5) is 5.69 Å². The van der Waals surface area contributed by atoms with Gasteiger partial charge in [0, 0.05) is 57.3 Å². The second-order valence-electron chi connectivity index (χ2n) is 6.66. The van der Waals surface area contributed by atoms with Crippen LogP contribution in [-0.2, 0) is 24.8 Å². The summed E-state index contributed by atoms with van der Waals surface area (Å²) >= 11 is 0. The van der Waals surface area contributed by atoms with Crippen LogP contribution >= 0.6 is 0 Å². The quantitative estimate of drug-likeness (QED) is 0.756. The van der Waals surface area contributed by atoms with Gasteiger partial charge < -0.3 is 14.9 Å². The Bertz CT molecular complexity index is 910. The summed E-state index contributed by atoms with van der Waals surface area (Å²) in [6.45, 7) is 3.24. The highest BCUT2D eigenvalue weighted by atomic mass is 16.1. The number of amides is 1. The molecular weight excluding hydrogens is 328 g/mol. The number of aromatic nitrogens is 4. The maximum Gasteiger partial charge on any atom is 0.221 e. The lowest BCUT2D eigenvalue weighted by molar-refractivity contribution is -0.114. The first-order valence-electron chi connectivity index (χ1n) is 8.72. The van der Waals surface area contributed by atoms with Crippen molar-refractivity contribution in [3.8, 4) is 0 Å². The molecule has 7 nitrogen and oxygen atoms in total. The lowest BCUT2D eigenvalue weighted by atomic mass is 10.0. The van der Waals surface area contributed by atoms with Crippen molar-refractivity contribution >= 4 is 11.6 Å². The van der Waals surface area contributed by atoms with Crippen LogP contribution in [0.5, 0.6) is 0 Å². The summed E-state index contributed by atoms with van der Waals surface area (Å²) in [7, 11) is 2.02. The standard InChI is InChI=1S/C19H22N6O/c1-13(26)23-15-5-3-14(4-6-15)11-25-9-7-16-17(22-12-21-16)18(25)19-20-8-10-24(19)2/h3-6,8,10,12,18H,7,9,11H2,1-2H3,(H,21,22)(H,23,26)/t18-/m0/s1. The summed E-state index contributed by atoms with van der Waals surface area (Å²) < 4.78 is 2.06. The number of nitrogens with zero attached hydrogens (tertiary/aromatic N) is 4. The lowest BCUT2D eigenvalue weighted by Gasteiger charge is -2.34. The van der Waals surface area contributed by atoms with Gasteiger partial charge in [-0.3, -0.25) is 9.69 Å². The number of carbonyl (C=O) groups is 1. The number of H-pyrrole nitrogens is 1. The summed E-state index contributed by atoms with van der Waals surface area (Å²) in [5.41, 5.74) is 4.25. The maximum atomic E-state index is 11.2. The van der Waals surface area contributed by atoms with Gasteiger partial charge in [0.25, 0.3) is 0 Å². The first-order chi connectivity index (χ1) is 12.6. The molecule has 7 heteroatoms. The van der Waals surface area contributed by atoms with E-state index in [9.17, 15) is 4.79 Å². The van der Waals surface area contributed by atoms with E-state index in [0.29, 0.717) is 0 Å². The van der Waals surface area contributed by atoms with Crippen molar-refractivity contribution in [3.05, 3.63) is 65.8 Å². The van der Waals surface area contributed by atoms with Crippen LogP contribution in [0.15, 0.2) is 43.0 Å². The van der Waals surface area contributed by atoms with E-state index in [4.69, 9.17) is 0 Å². The van der Waals surface area contributed by atoms with E-state index in [-0.39, 0.29) is 11.9 Å². The first kappa shape index (κ1) is 16.5. The van der Waals surface area contributed by atoms with E-state index >= 15 is 0 Å². The number of fused-ring (bicyclic) bond motifs is 1. The zero-order chi connectivity index (χ0) is 18.1. The molecule has 0 unspecified atom stereocenters. The number of hydrogen-bond acceptors (Lipinski definition) is 4. The van der Waals surface area contributed by atoms with Crippen LogP contribution in [0.2, 0.25) is 0 Å². The molecule has 0 saturated heterocycles. The number of rotatable bonds is 4. The number of hydrogen-bond donors (Lipinski definition) is 2. The van der Waals surface area contributed by atoms with Gasteiger partial charge in [0.2, 0.25) is 5.91 Å². The molecule has 0 aliphatic carbocycles. The third-order valence-corrected chi connectivity index (χ3v) is 4.79. The first-order valence-corrected chi connectivity index (χ1v) is 8.72. The van der Waals surface area contributed by atoms with E-state index < -0.39 is 0 Å². The molecule has 1 amide bonds. The predicted molar refractivity (Wildman–Crippen MR) is 98.5 cm³/mol. The molecule has 2 N–H and O–H groups in total. The van der Waals surface area contributed by atoms with Gasteiger partial charge in [0.15, 0.2) is 0 Å². The number of aryl methyl sites for hydroxylation is 1. The van der Waals surface area contributed by atoms with E-state index in [2.05, 4.69) is 41.9 Å². The van der Waals surface area contributed by atoms with Crippen LogP contribution in [0, 0.1) is 0 Å². The van der Waals surface area contributed by atoms with Crippen molar-refractivity contribution in [2.45, 2.75) is 25.9 Å². The minimum atomic E-state index is -0.0605. The third kappa shape index (κ3) is 3.13. The molecule has 0 spiro atoms. The largest absolute Gasteiger partial charge is 0.348 e. The number of imidazole rings is 2. The number of carbonyl (C=O) groups excluding carboxylic acids is 1. The van der Waals surface area contributed by atoms with Crippen LogP contribution in [0.1, 0.15) is 35.7 Å². The monoisotopic (exact) mass is 350 g/mol. The molecule has 0 bridgehead atoms. The molecule has 2 aromatic heterocycles. The zero-order valence-corrected chi connectivity index (χ0v) is 14.9. The molecule has 134 valence electrons. The molecule has 26 heavy (non-hydrogen) atoms. The normalized spacial score (nSPS) is 17.1. The summed E-state index contributed by atoms with van der Waals surface area (Å²) in [5, 5.41) is 2.80. The van der Waals surface area contributed by atoms with Gasteiger partial charge in [-0.15, -0.1) is 0 Å². The maximum absolute atomic E-state index is 11.2. The number of benzene rings is 1. The molecule has 4 rings (SSSR count). The Hall–Kier alpha value is -2.93. The Kier molecular flexibility index (Phi) is 4.30. The molecule has 3 heterocycles. The highest BCUT2D eigenvalue weighted by Gasteiger charge is 2.33. The number of aromatic amines is 1. The Morgan fingerprint density at radius 1 is 1.31 bits per heavy atom. The van der Waals surface area contributed by atoms with Crippen molar-refractivity contribution in [3.63, 3.8) is 0 Å². The van der Waals surface area contributed by atoms with Gasteiger partial charge in [0.05, 0.1) is 12.0 Å². The number of anilines is 1. The highest BCUT2D eigenvalue weighted by molar-refractivity contribution is 5.88. The minimum absolute atomic E-state index is 0.0278. The van der Waals surface area contributed by atoms with Gasteiger partial charge in [-0.05, 0) is 17.7 Å². The van der Waals surface area contributed by atoms with Crippen LogP contribution in [0.3, 0.4) is 0 Å². The van der Waals surface area contributed by atoms with Crippen molar-refractivity contribution in [1.29, 1.82) is 0 Å². The van der Waals surface area contributed by atoms with Crippen molar-refractivity contribution in [2.24, 2.45) is 7.05 Å². The van der Waals surface area contributed by atoms with Crippen molar-refractivity contribution in [2.75, 3.05) is 11.9 Å². The van der Waals surface area contributed by atoms with Crippen LogP contribution in [-0.4, -0.2) is 36.9 Å². The molecule has 0 radical (unpaired) electrons. The van der Waals surface area contributed by atoms with Crippen LogP contribution < -0.4 is 5.32 Å². The van der Waals surface area contributed by atoms with Crippen molar-refractivity contribution < 1.29 is 4.79 Å². The second kappa shape index (κ2) is 6.76. The van der Waals surface area contributed by atoms with Gasteiger partial charge in [-0.1, -0.05) is 12.1 Å². The summed E-state index contributed by atoms with van der Waals surface area (Å²) in [4.78, 5) is 26.0. The molecule has 1 atom stereocenters. The smallest absolute Gasteiger partial charge is 0.221 e. The molecule has 0 saturated carbocycles. The Labute approximate surface area is 152 Å². The Balaban J connectivity index is 1.61. The van der Waals surface area contributed by atoms with Gasteiger partial charge in [-0.2, -0.15) is 0 Å². The molecule has 1 aromatic carbocycles. The van der Waals surface area contributed by atoms with E-state index in [0.717, 1.165) is 36.7 Å².